The van der Waals surface area contributed by atoms with Crippen LogP contribution in [0.5, 0.6) is 0 Å². The van der Waals surface area contributed by atoms with Gasteiger partial charge in [0.2, 0.25) is 0 Å². The average molecular weight is 448 g/mol. The first-order valence-corrected chi connectivity index (χ1v) is 13.0. The van der Waals surface area contributed by atoms with Crippen LogP contribution in [0.4, 0.5) is 5.00 Å². The van der Waals surface area contributed by atoms with Gasteiger partial charge in [-0.15, -0.1) is 0 Å². The van der Waals surface area contributed by atoms with Gasteiger partial charge in [0, 0.05) is 17.7 Å². The molecule has 2 heterocycles. The summed E-state index contributed by atoms with van der Waals surface area (Å²) in [6.07, 6.45) is 24.9. The molecule has 0 bridgehead atoms. The van der Waals surface area contributed by atoms with Crippen LogP contribution in [-0.2, 0) is 0 Å². The molecular formula is C28H37N3S. The van der Waals surface area contributed by atoms with Gasteiger partial charge in [-0.1, -0.05) is 70.6 Å². The zero-order valence-corrected chi connectivity index (χ0v) is 21.1. The first-order chi connectivity index (χ1) is 15.7. The fraction of sp³-hybridized carbons (Fsp3) is 0.429. The van der Waals surface area contributed by atoms with Crippen LogP contribution in [0.15, 0.2) is 70.6 Å². The molecule has 4 aliphatic rings. The maximum atomic E-state index is 4.78. The lowest BCUT2D eigenvalue weighted by atomic mass is 9.87. The van der Waals surface area contributed by atoms with Gasteiger partial charge in [-0.05, 0) is 73.4 Å². The number of fused-ring (bicyclic) bond motifs is 1. The van der Waals surface area contributed by atoms with Gasteiger partial charge < -0.3 is 5.32 Å². The molecule has 1 aliphatic heterocycles. The molecule has 0 aromatic carbocycles. The molecule has 0 saturated heterocycles. The number of nitrogens with one attached hydrogen (secondary N) is 1. The van der Waals surface area contributed by atoms with Crippen molar-refractivity contribution in [1.29, 1.82) is 0 Å². The Morgan fingerprint density at radius 2 is 1.97 bits per heavy atom. The Labute approximate surface area is 198 Å². The van der Waals surface area contributed by atoms with E-state index in [1.165, 1.54) is 48.0 Å². The summed E-state index contributed by atoms with van der Waals surface area (Å²) in [5, 5.41) is 4.82. The third-order valence-electron chi connectivity index (χ3n) is 5.64. The number of allylic oxidation sites excluding steroid dienone is 11. The van der Waals surface area contributed by atoms with Crippen LogP contribution in [0.3, 0.4) is 0 Å². The van der Waals surface area contributed by atoms with Crippen molar-refractivity contribution in [2.45, 2.75) is 73.1 Å². The van der Waals surface area contributed by atoms with Gasteiger partial charge >= 0.3 is 0 Å². The van der Waals surface area contributed by atoms with Crippen LogP contribution >= 0.6 is 11.5 Å². The molecule has 170 valence electrons. The maximum Gasteiger partial charge on any atom is 0.121 e. The molecule has 4 heteroatoms. The largest absolute Gasteiger partial charge is 0.344 e. The van der Waals surface area contributed by atoms with Crippen LogP contribution in [-0.4, -0.2) is 10.1 Å². The van der Waals surface area contributed by atoms with Gasteiger partial charge in [0.1, 0.15) is 5.00 Å². The molecule has 32 heavy (non-hydrogen) atoms. The van der Waals surface area contributed by atoms with Gasteiger partial charge in [-0.3, -0.25) is 4.99 Å². The fourth-order valence-electron chi connectivity index (χ4n) is 4.28. The highest BCUT2D eigenvalue weighted by Gasteiger charge is 2.30. The molecule has 0 amide bonds. The third kappa shape index (κ3) is 5.29. The van der Waals surface area contributed by atoms with E-state index in [1.807, 2.05) is 20.0 Å². The van der Waals surface area contributed by atoms with Crippen molar-refractivity contribution in [2.75, 3.05) is 5.32 Å². The standard InChI is InChI=1S/C23H23N3S.C3H8.C2H6/c1-15-21(17-10-3-2-4-11-17)23(27-26-15)25-20-13-7-12-18-19(14-24-22(18)20)16-8-5-6-9-16;1-3-2;1-2/h5,7-10,12-14,18,25H,2-4,6,11H2,1H3;3H2,1-2H3;1-2H3. The zero-order valence-electron chi connectivity index (χ0n) is 20.2. The fourth-order valence-corrected chi connectivity index (χ4v) is 5.12. The van der Waals surface area contributed by atoms with Crippen LogP contribution < -0.4 is 5.32 Å². The Bertz CT molecular complexity index is 1010. The molecule has 3 nitrogen and oxygen atoms in total. The summed E-state index contributed by atoms with van der Waals surface area (Å²) >= 11 is 1.56. The van der Waals surface area contributed by atoms with E-state index in [2.05, 4.69) is 73.0 Å². The number of aryl methyl sites for hydroxylation is 1. The summed E-state index contributed by atoms with van der Waals surface area (Å²) in [5.74, 6) is 0.248. The van der Waals surface area contributed by atoms with Gasteiger partial charge in [-0.25, -0.2) is 0 Å². The lowest BCUT2D eigenvalue weighted by Crippen LogP contribution is -2.21. The van der Waals surface area contributed by atoms with Crippen LogP contribution in [0.1, 0.15) is 77.5 Å². The Morgan fingerprint density at radius 1 is 1.16 bits per heavy atom. The number of aromatic nitrogens is 1. The van der Waals surface area contributed by atoms with Crippen molar-refractivity contribution in [3.63, 3.8) is 0 Å². The topological polar surface area (TPSA) is 37.3 Å². The molecule has 0 fully saturated rings. The Morgan fingerprint density at radius 3 is 2.66 bits per heavy atom. The van der Waals surface area contributed by atoms with E-state index in [0.29, 0.717) is 0 Å². The lowest BCUT2D eigenvalue weighted by Gasteiger charge is -2.21. The number of aliphatic imine (C=N–C) groups is 1. The van der Waals surface area contributed by atoms with Gasteiger partial charge in [-0.2, -0.15) is 4.37 Å². The summed E-state index contributed by atoms with van der Waals surface area (Å²) in [4.78, 5) is 4.78. The minimum Gasteiger partial charge on any atom is -0.344 e. The molecule has 5 rings (SSSR count). The molecule has 0 saturated carbocycles. The monoisotopic (exact) mass is 447 g/mol. The van der Waals surface area contributed by atoms with Crippen LogP contribution in [0, 0.1) is 12.8 Å². The van der Waals surface area contributed by atoms with Crippen molar-refractivity contribution in [1.82, 2.24) is 4.37 Å². The molecule has 0 spiro atoms. The second-order valence-corrected chi connectivity index (χ2v) is 8.89. The maximum absolute atomic E-state index is 4.78. The summed E-state index contributed by atoms with van der Waals surface area (Å²) in [6.45, 7) is 10.4. The highest BCUT2D eigenvalue weighted by molar-refractivity contribution is 7.10. The van der Waals surface area contributed by atoms with Crippen molar-refractivity contribution in [3.05, 3.63) is 76.8 Å². The summed E-state index contributed by atoms with van der Waals surface area (Å²) < 4.78 is 4.64. The number of nitrogens with zero attached hydrogens (tertiary/aromatic N) is 2. The van der Waals surface area contributed by atoms with E-state index < -0.39 is 0 Å². The Balaban J connectivity index is 0.000000536. The zero-order chi connectivity index (χ0) is 22.9. The predicted molar refractivity (Wildman–Crippen MR) is 142 cm³/mol. The van der Waals surface area contributed by atoms with Crippen LogP contribution in [0.25, 0.3) is 5.57 Å². The summed E-state index contributed by atoms with van der Waals surface area (Å²) in [6, 6.07) is 0. The molecule has 1 unspecified atom stereocenters. The first-order valence-electron chi connectivity index (χ1n) is 12.2. The van der Waals surface area contributed by atoms with E-state index in [9.17, 15) is 0 Å². The average Bonchev–Trinajstić information content (AvgIpc) is 3.57. The van der Waals surface area contributed by atoms with Gasteiger partial charge in [0.15, 0.2) is 0 Å². The minimum atomic E-state index is 0.248. The van der Waals surface area contributed by atoms with E-state index in [4.69, 9.17) is 4.99 Å². The van der Waals surface area contributed by atoms with Crippen molar-refractivity contribution < 1.29 is 0 Å². The normalized spacial score (nSPS) is 20.5. The molecule has 1 aromatic heterocycles. The molecular weight excluding hydrogens is 410 g/mol. The smallest absolute Gasteiger partial charge is 0.121 e. The second-order valence-electron chi connectivity index (χ2n) is 8.12. The number of hydrogen-bond donors (Lipinski definition) is 1. The Kier molecular flexibility index (Phi) is 9.04. The minimum absolute atomic E-state index is 0.248. The number of anilines is 1. The molecule has 1 aromatic rings. The van der Waals surface area contributed by atoms with E-state index in [0.717, 1.165) is 34.9 Å². The molecule has 1 N–H and O–H groups in total. The highest BCUT2D eigenvalue weighted by Crippen LogP contribution is 2.39. The number of rotatable bonds is 4. The molecule has 1 atom stereocenters. The van der Waals surface area contributed by atoms with Crippen molar-refractivity contribution in [2.24, 2.45) is 10.9 Å². The molecule has 0 radical (unpaired) electrons. The van der Waals surface area contributed by atoms with E-state index in [1.54, 1.807) is 11.5 Å². The summed E-state index contributed by atoms with van der Waals surface area (Å²) in [5.41, 5.74) is 8.71. The molecule has 3 aliphatic carbocycles. The SMILES string of the molecule is CC.CCC.Cc1nsc(NC2=CC=CC3C(C4=CCC=C4)=CN=C23)c1C1=CCCCC1. The second kappa shape index (κ2) is 12.0. The lowest BCUT2D eigenvalue weighted by molar-refractivity contribution is 0.742. The van der Waals surface area contributed by atoms with E-state index in [-0.39, 0.29) is 5.92 Å². The van der Waals surface area contributed by atoms with Gasteiger partial charge in [0.05, 0.1) is 17.1 Å². The third-order valence-corrected chi connectivity index (χ3v) is 6.50. The number of hydrogen-bond acceptors (Lipinski definition) is 4. The predicted octanol–water partition coefficient (Wildman–Crippen LogP) is 8.56. The Hall–Kier alpha value is -2.46. The van der Waals surface area contributed by atoms with Crippen LogP contribution in [0.2, 0.25) is 0 Å². The van der Waals surface area contributed by atoms with Gasteiger partial charge in [0.25, 0.3) is 0 Å². The van der Waals surface area contributed by atoms with E-state index >= 15 is 0 Å². The first kappa shape index (κ1) is 24.2. The van der Waals surface area contributed by atoms with Crippen molar-refractivity contribution in [3.8, 4) is 0 Å². The quantitative estimate of drug-likeness (QED) is 0.502. The highest BCUT2D eigenvalue weighted by atomic mass is 32.1. The summed E-state index contributed by atoms with van der Waals surface area (Å²) in [7, 11) is 0. The van der Waals surface area contributed by atoms with Crippen molar-refractivity contribution >= 4 is 27.8 Å².